The molecule has 0 aliphatic carbocycles. The summed E-state index contributed by atoms with van der Waals surface area (Å²) in [5, 5.41) is 6.41. The maximum atomic E-state index is 11.2. The van der Waals surface area contributed by atoms with Crippen molar-refractivity contribution in [1.29, 1.82) is 0 Å². The molecule has 2 aromatic rings. The predicted octanol–water partition coefficient (Wildman–Crippen LogP) is 4.82. The maximum Gasteiger partial charge on any atom is 0.221 e. The van der Waals surface area contributed by atoms with Gasteiger partial charge in [-0.2, -0.15) is 0 Å². The van der Waals surface area contributed by atoms with E-state index in [0.29, 0.717) is 0 Å². The SMILES string of the molecule is CC(=O)Nc1cccc(C(C)NC(C)c2cccc(Br)c2)c1. The third kappa shape index (κ3) is 4.68. The lowest BCUT2D eigenvalue weighted by Gasteiger charge is -2.21. The minimum Gasteiger partial charge on any atom is -0.326 e. The van der Waals surface area contributed by atoms with Crippen molar-refractivity contribution < 1.29 is 4.79 Å². The van der Waals surface area contributed by atoms with E-state index in [9.17, 15) is 4.79 Å². The van der Waals surface area contributed by atoms with Gasteiger partial charge in [0.05, 0.1) is 0 Å². The highest BCUT2D eigenvalue weighted by Gasteiger charge is 2.12. The Morgan fingerprint density at radius 3 is 2.18 bits per heavy atom. The van der Waals surface area contributed by atoms with E-state index in [-0.39, 0.29) is 18.0 Å². The van der Waals surface area contributed by atoms with Crippen LogP contribution in [0.25, 0.3) is 0 Å². The molecule has 2 rings (SSSR count). The predicted molar refractivity (Wildman–Crippen MR) is 94.9 cm³/mol. The molecule has 22 heavy (non-hydrogen) atoms. The quantitative estimate of drug-likeness (QED) is 0.802. The van der Waals surface area contributed by atoms with Crippen molar-refractivity contribution in [2.75, 3.05) is 5.32 Å². The first-order chi connectivity index (χ1) is 10.5. The van der Waals surface area contributed by atoms with Gasteiger partial charge >= 0.3 is 0 Å². The summed E-state index contributed by atoms with van der Waals surface area (Å²) >= 11 is 3.51. The number of hydrogen-bond donors (Lipinski definition) is 2. The Balaban J connectivity index is 2.08. The molecule has 116 valence electrons. The third-order valence-electron chi connectivity index (χ3n) is 3.56. The third-order valence-corrected chi connectivity index (χ3v) is 4.05. The lowest BCUT2D eigenvalue weighted by atomic mass is 10.0. The lowest BCUT2D eigenvalue weighted by molar-refractivity contribution is -0.114. The Labute approximate surface area is 140 Å². The summed E-state index contributed by atoms with van der Waals surface area (Å²) in [6, 6.07) is 16.7. The maximum absolute atomic E-state index is 11.2. The van der Waals surface area contributed by atoms with Crippen LogP contribution in [0.1, 0.15) is 44.0 Å². The van der Waals surface area contributed by atoms with Crippen LogP contribution < -0.4 is 10.6 Å². The fourth-order valence-electron chi connectivity index (χ4n) is 2.43. The number of carbonyl (C=O) groups excluding carboxylic acids is 1. The lowest BCUT2D eigenvalue weighted by Crippen LogP contribution is -2.22. The van der Waals surface area contributed by atoms with Crippen LogP contribution in [0.15, 0.2) is 53.0 Å². The molecule has 0 radical (unpaired) electrons. The molecule has 1 amide bonds. The molecule has 0 aliphatic heterocycles. The Bertz CT molecular complexity index is 657. The number of benzene rings is 2. The summed E-state index contributed by atoms with van der Waals surface area (Å²) in [6.45, 7) is 5.79. The monoisotopic (exact) mass is 360 g/mol. The summed E-state index contributed by atoms with van der Waals surface area (Å²) in [7, 11) is 0. The average Bonchev–Trinajstić information content (AvgIpc) is 2.46. The van der Waals surface area contributed by atoms with Gasteiger partial charge in [0.1, 0.15) is 0 Å². The fourth-order valence-corrected chi connectivity index (χ4v) is 2.85. The van der Waals surface area contributed by atoms with Gasteiger partial charge < -0.3 is 10.6 Å². The standard InChI is InChI=1S/C18H21BrN2O/c1-12(15-6-4-8-17(19)10-15)20-13(2)16-7-5-9-18(11-16)21-14(3)22/h4-13,20H,1-3H3,(H,21,22). The molecule has 2 N–H and O–H groups in total. The van der Waals surface area contributed by atoms with Crippen molar-refractivity contribution in [2.24, 2.45) is 0 Å². The summed E-state index contributed by atoms with van der Waals surface area (Å²) in [4.78, 5) is 11.2. The zero-order chi connectivity index (χ0) is 16.1. The van der Waals surface area contributed by atoms with Crippen LogP contribution in [-0.4, -0.2) is 5.91 Å². The second-order valence-corrected chi connectivity index (χ2v) is 6.39. The molecule has 2 atom stereocenters. The zero-order valence-corrected chi connectivity index (χ0v) is 14.6. The van der Waals surface area contributed by atoms with Gasteiger partial charge in [0, 0.05) is 29.2 Å². The summed E-state index contributed by atoms with van der Waals surface area (Å²) in [5.41, 5.74) is 3.21. The van der Waals surface area contributed by atoms with Gasteiger partial charge in [0.15, 0.2) is 0 Å². The molecule has 0 spiro atoms. The van der Waals surface area contributed by atoms with Gasteiger partial charge in [0.25, 0.3) is 0 Å². The Hall–Kier alpha value is -1.65. The number of hydrogen-bond acceptors (Lipinski definition) is 2. The molecule has 0 saturated carbocycles. The highest BCUT2D eigenvalue weighted by molar-refractivity contribution is 9.10. The van der Waals surface area contributed by atoms with Crippen molar-refractivity contribution >= 4 is 27.5 Å². The minimum atomic E-state index is -0.0553. The molecule has 4 heteroatoms. The minimum absolute atomic E-state index is 0.0553. The number of anilines is 1. The van der Waals surface area contributed by atoms with E-state index < -0.39 is 0 Å². The molecular formula is C18H21BrN2O. The second kappa shape index (κ2) is 7.56. The number of carbonyl (C=O) groups is 1. The number of amides is 1. The van der Waals surface area contributed by atoms with Gasteiger partial charge in [-0.05, 0) is 49.2 Å². The van der Waals surface area contributed by atoms with Gasteiger partial charge in [-0.25, -0.2) is 0 Å². The Kier molecular flexibility index (Phi) is 5.75. The summed E-state index contributed by atoms with van der Waals surface area (Å²) < 4.78 is 1.08. The average molecular weight is 361 g/mol. The zero-order valence-electron chi connectivity index (χ0n) is 13.1. The number of halogens is 1. The smallest absolute Gasteiger partial charge is 0.221 e. The molecule has 0 saturated heterocycles. The van der Waals surface area contributed by atoms with Gasteiger partial charge in [0.2, 0.25) is 5.91 Å². The van der Waals surface area contributed by atoms with Crippen LogP contribution in [0.5, 0.6) is 0 Å². The van der Waals surface area contributed by atoms with Crippen molar-refractivity contribution in [1.82, 2.24) is 5.32 Å². The van der Waals surface area contributed by atoms with Crippen LogP contribution in [0.3, 0.4) is 0 Å². The van der Waals surface area contributed by atoms with Crippen LogP contribution in [-0.2, 0) is 4.79 Å². The van der Waals surface area contributed by atoms with E-state index >= 15 is 0 Å². The summed E-state index contributed by atoms with van der Waals surface area (Å²) in [5.74, 6) is -0.0553. The Morgan fingerprint density at radius 2 is 1.59 bits per heavy atom. The van der Waals surface area contributed by atoms with E-state index in [2.05, 4.69) is 58.6 Å². The largest absolute Gasteiger partial charge is 0.326 e. The number of nitrogens with one attached hydrogen (secondary N) is 2. The normalized spacial score (nSPS) is 13.5. The second-order valence-electron chi connectivity index (χ2n) is 5.47. The van der Waals surface area contributed by atoms with Crippen molar-refractivity contribution in [3.63, 3.8) is 0 Å². The summed E-state index contributed by atoms with van der Waals surface area (Å²) in [6.07, 6.45) is 0. The van der Waals surface area contributed by atoms with Crippen molar-refractivity contribution in [3.05, 3.63) is 64.1 Å². The van der Waals surface area contributed by atoms with E-state index in [1.54, 1.807) is 0 Å². The van der Waals surface area contributed by atoms with Crippen molar-refractivity contribution in [3.8, 4) is 0 Å². The molecular weight excluding hydrogens is 340 g/mol. The fraction of sp³-hybridized carbons (Fsp3) is 0.278. The first-order valence-corrected chi connectivity index (χ1v) is 8.14. The van der Waals surface area contributed by atoms with Gasteiger partial charge in [-0.1, -0.05) is 40.2 Å². The van der Waals surface area contributed by atoms with Crippen LogP contribution in [0, 0.1) is 0 Å². The van der Waals surface area contributed by atoms with E-state index in [1.807, 2.05) is 30.3 Å². The van der Waals surface area contributed by atoms with Crippen LogP contribution in [0.2, 0.25) is 0 Å². The first kappa shape index (κ1) is 16.7. The molecule has 0 aromatic heterocycles. The van der Waals surface area contributed by atoms with E-state index in [0.717, 1.165) is 15.7 Å². The molecule has 0 fully saturated rings. The van der Waals surface area contributed by atoms with Crippen LogP contribution >= 0.6 is 15.9 Å². The van der Waals surface area contributed by atoms with Gasteiger partial charge in [-0.3, -0.25) is 4.79 Å². The molecule has 0 aliphatic rings. The highest BCUT2D eigenvalue weighted by Crippen LogP contribution is 2.23. The van der Waals surface area contributed by atoms with Crippen LogP contribution in [0.4, 0.5) is 5.69 Å². The molecule has 2 aromatic carbocycles. The molecule has 0 bridgehead atoms. The highest BCUT2D eigenvalue weighted by atomic mass is 79.9. The Morgan fingerprint density at radius 1 is 1.00 bits per heavy atom. The molecule has 3 nitrogen and oxygen atoms in total. The van der Waals surface area contributed by atoms with Crippen molar-refractivity contribution in [2.45, 2.75) is 32.9 Å². The molecule has 2 unspecified atom stereocenters. The van der Waals surface area contributed by atoms with E-state index in [4.69, 9.17) is 0 Å². The topological polar surface area (TPSA) is 41.1 Å². The number of rotatable bonds is 5. The first-order valence-electron chi connectivity index (χ1n) is 7.35. The van der Waals surface area contributed by atoms with Gasteiger partial charge in [-0.15, -0.1) is 0 Å². The molecule has 0 heterocycles. The van der Waals surface area contributed by atoms with E-state index in [1.165, 1.54) is 12.5 Å².